The number of nitrogens with zero attached hydrogens (tertiary/aromatic N) is 4. The summed E-state index contributed by atoms with van der Waals surface area (Å²) >= 11 is 1.39. The summed E-state index contributed by atoms with van der Waals surface area (Å²) in [6.45, 7) is 9.13. The SMILES string of the molecule is CCN1CN(CC)C(=O)N(c2cc(C)ns2)C1. The number of urea groups is 1. The molecular formula is C11H18N4OS. The molecule has 1 aliphatic heterocycles. The summed E-state index contributed by atoms with van der Waals surface area (Å²) < 4.78 is 4.24. The lowest BCUT2D eigenvalue weighted by Gasteiger charge is -2.40. The van der Waals surface area contributed by atoms with Crippen molar-refractivity contribution >= 4 is 22.6 Å². The van der Waals surface area contributed by atoms with Crippen LogP contribution < -0.4 is 4.90 Å². The lowest BCUT2D eigenvalue weighted by atomic mass is 10.4. The van der Waals surface area contributed by atoms with Gasteiger partial charge in [-0.2, -0.15) is 4.37 Å². The number of carbonyl (C=O) groups is 1. The fourth-order valence-electron chi connectivity index (χ4n) is 1.85. The molecule has 0 aliphatic carbocycles. The van der Waals surface area contributed by atoms with Gasteiger partial charge in [-0.05, 0) is 38.0 Å². The summed E-state index contributed by atoms with van der Waals surface area (Å²) in [6, 6.07) is 2.05. The van der Waals surface area contributed by atoms with E-state index < -0.39 is 0 Å². The molecular weight excluding hydrogens is 236 g/mol. The standard InChI is InChI=1S/C11H18N4OS/c1-4-13-7-14(5-2)11(16)15(8-13)10-6-9(3)12-17-10/h6H,4-5,7-8H2,1-3H3. The first kappa shape index (κ1) is 12.3. The number of aromatic nitrogens is 1. The molecule has 5 nitrogen and oxygen atoms in total. The van der Waals surface area contributed by atoms with E-state index in [-0.39, 0.29) is 6.03 Å². The van der Waals surface area contributed by atoms with E-state index in [1.165, 1.54) is 11.5 Å². The maximum Gasteiger partial charge on any atom is 0.327 e. The summed E-state index contributed by atoms with van der Waals surface area (Å²) in [7, 11) is 0. The van der Waals surface area contributed by atoms with Gasteiger partial charge in [0.05, 0.1) is 19.0 Å². The average molecular weight is 254 g/mol. The lowest BCUT2D eigenvalue weighted by Crippen LogP contribution is -2.57. The summed E-state index contributed by atoms with van der Waals surface area (Å²) in [4.78, 5) is 18.1. The van der Waals surface area contributed by atoms with Gasteiger partial charge in [0.2, 0.25) is 0 Å². The van der Waals surface area contributed by atoms with Gasteiger partial charge in [0.15, 0.2) is 0 Å². The van der Waals surface area contributed by atoms with Crippen molar-refractivity contribution in [1.82, 2.24) is 14.2 Å². The Kier molecular flexibility index (Phi) is 3.63. The van der Waals surface area contributed by atoms with E-state index in [4.69, 9.17) is 0 Å². The molecule has 1 aromatic rings. The van der Waals surface area contributed by atoms with Crippen LogP contribution in [-0.2, 0) is 0 Å². The van der Waals surface area contributed by atoms with Crippen LogP contribution in [0.2, 0.25) is 0 Å². The molecule has 0 atom stereocenters. The van der Waals surface area contributed by atoms with Crippen LogP contribution in [0, 0.1) is 6.92 Å². The van der Waals surface area contributed by atoms with Crippen molar-refractivity contribution in [3.63, 3.8) is 0 Å². The van der Waals surface area contributed by atoms with Crippen molar-refractivity contribution in [3.8, 4) is 0 Å². The highest BCUT2D eigenvalue weighted by atomic mass is 32.1. The Morgan fingerprint density at radius 2 is 2.12 bits per heavy atom. The van der Waals surface area contributed by atoms with E-state index in [9.17, 15) is 4.79 Å². The van der Waals surface area contributed by atoms with Crippen molar-refractivity contribution in [2.75, 3.05) is 31.3 Å². The molecule has 6 heteroatoms. The van der Waals surface area contributed by atoms with Crippen LogP contribution in [0.3, 0.4) is 0 Å². The molecule has 0 aromatic carbocycles. The molecule has 0 bridgehead atoms. The molecule has 94 valence electrons. The highest BCUT2D eigenvalue weighted by Gasteiger charge is 2.30. The Labute approximate surface area is 106 Å². The third-order valence-electron chi connectivity index (χ3n) is 2.92. The Balaban J connectivity index is 2.22. The van der Waals surface area contributed by atoms with Crippen LogP contribution in [0.1, 0.15) is 19.5 Å². The number of anilines is 1. The molecule has 0 spiro atoms. The predicted molar refractivity (Wildman–Crippen MR) is 69.2 cm³/mol. The zero-order chi connectivity index (χ0) is 12.4. The van der Waals surface area contributed by atoms with Gasteiger partial charge in [-0.15, -0.1) is 0 Å². The molecule has 2 amide bonds. The molecule has 1 fully saturated rings. The summed E-state index contributed by atoms with van der Waals surface area (Å²) in [5.74, 6) is 0. The fraction of sp³-hybridized carbons (Fsp3) is 0.636. The zero-order valence-corrected chi connectivity index (χ0v) is 11.3. The molecule has 0 N–H and O–H groups in total. The minimum absolute atomic E-state index is 0.0841. The molecule has 2 rings (SSSR count). The van der Waals surface area contributed by atoms with Gasteiger partial charge >= 0.3 is 6.03 Å². The van der Waals surface area contributed by atoms with Crippen molar-refractivity contribution in [1.29, 1.82) is 0 Å². The molecule has 1 saturated heterocycles. The van der Waals surface area contributed by atoms with Gasteiger partial charge in [-0.3, -0.25) is 9.80 Å². The Morgan fingerprint density at radius 1 is 1.35 bits per heavy atom. The summed E-state index contributed by atoms with van der Waals surface area (Å²) in [5, 5.41) is 0.934. The number of amides is 2. The van der Waals surface area contributed by atoms with E-state index in [0.29, 0.717) is 6.67 Å². The molecule has 1 aliphatic rings. The maximum atomic E-state index is 12.2. The largest absolute Gasteiger partial charge is 0.327 e. The third-order valence-corrected chi connectivity index (χ3v) is 3.83. The van der Waals surface area contributed by atoms with Gasteiger partial charge in [0, 0.05) is 6.54 Å². The Bertz CT molecular complexity index is 406. The lowest BCUT2D eigenvalue weighted by molar-refractivity contribution is 0.123. The van der Waals surface area contributed by atoms with E-state index in [1.54, 1.807) is 4.90 Å². The first-order valence-corrected chi connectivity index (χ1v) is 6.65. The first-order chi connectivity index (χ1) is 8.15. The molecule has 2 heterocycles. The summed E-state index contributed by atoms with van der Waals surface area (Å²) in [5.41, 5.74) is 0.967. The van der Waals surface area contributed by atoms with Crippen molar-refractivity contribution in [2.45, 2.75) is 20.8 Å². The Morgan fingerprint density at radius 3 is 2.65 bits per heavy atom. The maximum absolute atomic E-state index is 12.2. The molecule has 0 unspecified atom stereocenters. The van der Waals surface area contributed by atoms with Crippen molar-refractivity contribution in [2.24, 2.45) is 0 Å². The molecule has 0 saturated carbocycles. The normalized spacial score (nSPS) is 17.9. The van der Waals surface area contributed by atoms with E-state index in [0.717, 1.165) is 30.5 Å². The van der Waals surface area contributed by atoms with Crippen LogP contribution >= 0.6 is 11.5 Å². The molecule has 0 radical (unpaired) electrons. The van der Waals surface area contributed by atoms with Crippen LogP contribution in [-0.4, -0.2) is 46.6 Å². The first-order valence-electron chi connectivity index (χ1n) is 5.87. The van der Waals surface area contributed by atoms with E-state index in [2.05, 4.69) is 16.2 Å². The number of carbonyl (C=O) groups excluding carboxylic acids is 1. The number of hydrogen-bond donors (Lipinski definition) is 0. The summed E-state index contributed by atoms with van der Waals surface area (Å²) in [6.07, 6.45) is 0. The van der Waals surface area contributed by atoms with Crippen LogP contribution in [0.15, 0.2) is 6.07 Å². The second-order valence-corrected chi connectivity index (χ2v) is 4.93. The smallest absolute Gasteiger partial charge is 0.312 e. The highest BCUT2D eigenvalue weighted by Crippen LogP contribution is 2.25. The fourth-order valence-corrected chi connectivity index (χ4v) is 2.60. The van der Waals surface area contributed by atoms with Crippen molar-refractivity contribution in [3.05, 3.63) is 11.8 Å². The van der Waals surface area contributed by atoms with E-state index >= 15 is 0 Å². The number of rotatable bonds is 3. The topological polar surface area (TPSA) is 39.7 Å². The third kappa shape index (κ3) is 2.42. The van der Waals surface area contributed by atoms with Gasteiger partial charge in [-0.1, -0.05) is 6.92 Å². The quantitative estimate of drug-likeness (QED) is 0.827. The molecule has 1 aromatic heterocycles. The van der Waals surface area contributed by atoms with Gasteiger partial charge < -0.3 is 4.90 Å². The Hall–Kier alpha value is -1.14. The average Bonchev–Trinajstić information content (AvgIpc) is 2.76. The predicted octanol–water partition coefficient (Wildman–Crippen LogP) is 1.95. The minimum atomic E-state index is 0.0841. The second kappa shape index (κ2) is 5.01. The monoisotopic (exact) mass is 254 g/mol. The highest BCUT2D eigenvalue weighted by molar-refractivity contribution is 7.10. The van der Waals surface area contributed by atoms with Gasteiger partial charge in [-0.25, -0.2) is 4.79 Å². The number of hydrogen-bond acceptors (Lipinski definition) is 4. The number of aryl methyl sites for hydroxylation is 1. The minimum Gasteiger partial charge on any atom is -0.312 e. The van der Waals surface area contributed by atoms with Crippen LogP contribution in [0.5, 0.6) is 0 Å². The second-order valence-electron chi connectivity index (χ2n) is 4.14. The van der Waals surface area contributed by atoms with Gasteiger partial charge in [0.25, 0.3) is 0 Å². The van der Waals surface area contributed by atoms with Gasteiger partial charge in [0.1, 0.15) is 5.00 Å². The molecule has 17 heavy (non-hydrogen) atoms. The zero-order valence-electron chi connectivity index (χ0n) is 10.5. The van der Waals surface area contributed by atoms with Crippen LogP contribution in [0.25, 0.3) is 0 Å². The van der Waals surface area contributed by atoms with Crippen molar-refractivity contribution < 1.29 is 4.79 Å². The van der Waals surface area contributed by atoms with Crippen LogP contribution in [0.4, 0.5) is 9.80 Å². The van der Waals surface area contributed by atoms with E-state index in [1.807, 2.05) is 24.8 Å².